The van der Waals surface area contributed by atoms with Crippen molar-refractivity contribution in [3.8, 4) is 0 Å². The maximum atomic E-state index is 8.61. The first-order valence-corrected chi connectivity index (χ1v) is 4.48. The van der Waals surface area contributed by atoms with Gasteiger partial charge >= 0.3 is 0 Å². The predicted octanol–water partition coefficient (Wildman–Crippen LogP) is 1.99. The Morgan fingerprint density at radius 3 is 2.67 bits per heavy atom. The van der Waals surface area contributed by atoms with Crippen LogP contribution < -0.4 is 0 Å². The minimum Gasteiger partial charge on any atom is -0.396 e. The molecule has 0 bridgehead atoms. The molecule has 1 atom stereocenters. The highest BCUT2D eigenvalue weighted by atomic mass is 16.5. The molecule has 12 heavy (non-hydrogen) atoms. The predicted molar refractivity (Wildman–Crippen MR) is 51.1 cm³/mol. The maximum absolute atomic E-state index is 8.61. The molecule has 0 aliphatic carbocycles. The van der Waals surface area contributed by atoms with E-state index in [4.69, 9.17) is 9.84 Å². The van der Waals surface area contributed by atoms with Gasteiger partial charge in [-0.1, -0.05) is 18.6 Å². The highest BCUT2D eigenvalue weighted by Crippen LogP contribution is 2.01. The number of rotatable bonds is 6. The Morgan fingerprint density at radius 2 is 2.17 bits per heavy atom. The van der Waals surface area contributed by atoms with E-state index in [0.717, 1.165) is 13.0 Å². The van der Waals surface area contributed by atoms with Crippen molar-refractivity contribution in [1.29, 1.82) is 0 Å². The van der Waals surface area contributed by atoms with Gasteiger partial charge < -0.3 is 9.84 Å². The standard InChI is InChI=1S/C10H20O2/c1-9(2)5-7-12-8-10(3)4-6-11/h5,10-11H,4,6-8H2,1-3H3/t10-/m1/s1. The smallest absolute Gasteiger partial charge is 0.0649 e. The van der Waals surface area contributed by atoms with Crippen LogP contribution in [0.3, 0.4) is 0 Å². The highest BCUT2D eigenvalue weighted by molar-refractivity contribution is 4.92. The molecular weight excluding hydrogens is 152 g/mol. The van der Waals surface area contributed by atoms with Crippen molar-refractivity contribution in [2.45, 2.75) is 27.2 Å². The summed E-state index contributed by atoms with van der Waals surface area (Å²) in [6, 6.07) is 0. The Balaban J connectivity index is 3.25. The Hall–Kier alpha value is -0.340. The quantitative estimate of drug-likeness (QED) is 0.490. The summed E-state index contributed by atoms with van der Waals surface area (Å²) in [7, 11) is 0. The van der Waals surface area contributed by atoms with Crippen molar-refractivity contribution in [2.75, 3.05) is 19.8 Å². The molecule has 0 aliphatic heterocycles. The average molecular weight is 172 g/mol. The summed E-state index contributed by atoms with van der Waals surface area (Å²) in [5, 5.41) is 8.61. The molecule has 0 saturated carbocycles. The van der Waals surface area contributed by atoms with Crippen LogP contribution >= 0.6 is 0 Å². The molecular formula is C10H20O2. The molecule has 0 aromatic heterocycles. The molecule has 0 amide bonds. The maximum Gasteiger partial charge on any atom is 0.0649 e. The number of aliphatic hydroxyl groups excluding tert-OH is 1. The molecule has 72 valence electrons. The van der Waals surface area contributed by atoms with E-state index in [2.05, 4.69) is 26.8 Å². The van der Waals surface area contributed by atoms with Crippen LogP contribution in [-0.2, 0) is 4.74 Å². The molecule has 0 spiro atoms. The van der Waals surface area contributed by atoms with Crippen molar-refractivity contribution in [2.24, 2.45) is 5.92 Å². The zero-order valence-corrected chi connectivity index (χ0v) is 8.34. The zero-order valence-electron chi connectivity index (χ0n) is 8.34. The second-order valence-electron chi connectivity index (χ2n) is 3.44. The molecule has 1 N–H and O–H groups in total. The van der Waals surface area contributed by atoms with Crippen molar-refractivity contribution >= 4 is 0 Å². The number of hydrogen-bond acceptors (Lipinski definition) is 2. The lowest BCUT2D eigenvalue weighted by atomic mass is 10.1. The summed E-state index contributed by atoms with van der Waals surface area (Å²) < 4.78 is 5.37. The van der Waals surface area contributed by atoms with Gasteiger partial charge in [-0.2, -0.15) is 0 Å². The normalized spacial score (nSPS) is 12.7. The number of ether oxygens (including phenoxy) is 1. The van der Waals surface area contributed by atoms with Crippen molar-refractivity contribution in [1.82, 2.24) is 0 Å². The van der Waals surface area contributed by atoms with Gasteiger partial charge in [0.15, 0.2) is 0 Å². The lowest BCUT2D eigenvalue weighted by Gasteiger charge is -2.08. The molecule has 2 heteroatoms. The summed E-state index contributed by atoms with van der Waals surface area (Å²) in [6.45, 7) is 7.88. The van der Waals surface area contributed by atoms with Gasteiger partial charge in [0, 0.05) is 13.2 Å². The zero-order chi connectivity index (χ0) is 9.40. The summed E-state index contributed by atoms with van der Waals surface area (Å²) in [5.41, 5.74) is 1.28. The van der Waals surface area contributed by atoms with E-state index in [-0.39, 0.29) is 6.61 Å². The van der Waals surface area contributed by atoms with Crippen molar-refractivity contribution in [3.63, 3.8) is 0 Å². The van der Waals surface area contributed by atoms with Gasteiger partial charge in [0.05, 0.1) is 6.61 Å². The number of hydrogen-bond donors (Lipinski definition) is 1. The molecule has 0 radical (unpaired) electrons. The van der Waals surface area contributed by atoms with Crippen LogP contribution in [-0.4, -0.2) is 24.9 Å². The van der Waals surface area contributed by atoms with Gasteiger partial charge in [-0.25, -0.2) is 0 Å². The number of aliphatic hydroxyl groups is 1. The minimum atomic E-state index is 0.257. The molecule has 0 saturated heterocycles. The van der Waals surface area contributed by atoms with Gasteiger partial charge in [-0.15, -0.1) is 0 Å². The Bertz CT molecular complexity index is 126. The van der Waals surface area contributed by atoms with Gasteiger partial charge in [0.2, 0.25) is 0 Å². The van der Waals surface area contributed by atoms with Crippen molar-refractivity contribution in [3.05, 3.63) is 11.6 Å². The van der Waals surface area contributed by atoms with E-state index >= 15 is 0 Å². The monoisotopic (exact) mass is 172 g/mol. The van der Waals surface area contributed by atoms with E-state index in [1.165, 1.54) is 5.57 Å². The largest absolute Gasteiger partial charge is 0.396 e. The second kappa shape index (κ2) is 7.32. The fourth-order valence-electron chi connectivity index (χ4n) is 0.799. The Labute approximate surface area is 75.2 Å². The summed E-state index contributed by atoms with van der Waals surface area (Å²) in [5.74, 6) is 0.459. The van der Waals surface area contributed by atoms with Crippen molar-refractivity contribution < 1.29 is 9.84 Å². The van der Waals surface area contributed by atoms with Gasteiger partial charge in [0.1, 0.15) is 0 Å². The molecule has 2 nitrogen and oxygen atoms in total. The molecule has 0 aromatic rings. The van der Waals surface area contributed by atoms with Crippen LogP contribution in [0.2, 0.25) is 0 Å². The first kappa shape index (κ1) is 11.7. The van der Waals surface area contributed by atoms with E-state index < -0.39 is 0 Å². The molecule has 0 rings (SSSR count). The molecule has 0 aromatic carbocycles. The van der Waals surface area contributed by atoms with Crippen LogP contribution in [0.1, 0.15) is 27.2 Å². The van der Waals surface area contributed by atoms with E-state index in [1.807, 2.05) is 0 Å². The molecule has 0 heterocycles. The van der Waals surface area contributed by atoms with Crippen LogP contribution in [0.25, 0.3) is 0 Å². The Morgan fingerprint density at radius 1 is 1.50 bits per heavy atom. The average Bonchev–Trinajstić information content (AvgIpc) is 1.98. The molecule has 0 aliphatic rings. The molecule has 0 unspecified atom stereocenters. The third-order valence-electron chi connectivity index (χ3n) is 1.63. The third-order valence-corrected chi connectivity index (χ3v) is 1.63. The SMILES string of the molecule is CC(C)=CCOC[C@H](C)CCO. The van der Waals surface area contributed by atoms with Gasteiger partial charge in [-0.05, 0) is 26.2 Å². The summed E-state index contributed by atoms with van der Waals surface area (Å²) >= 11 is 0. The van der Waals surface area contributed by atoms with Crippen LogP contribution in [0.4, 0.5) is 0 Å². The van der Waals surface area contributed by atoms with E-state index in [1.54, 1.807) is 0 Å². The first-order valence-electron chi connectivity index (χ1n) is 4.48. The topological polar surface area (TPSA) is 29.5 Å². The Kier molecular flexibility index (Phi) is 7.11. The number of allylic oxidation sites excluding steroid dienone is 1. The highest BCUT2D eigenvalue weighted by Gasteiger charge is 1.99. The van der Waals surface area contributed by atoms with Crippen LogP contribution in [0.5, 0.6) is 0 Å². The van der Waals surface area contributed by atoms with Crippen LogP contribution in [0.15, 0.2) is 11.6 Å². The van der Waals surface area contributed by atoms with Gasteiger partial charge in [0.25, 0.3) is 0 Å². The first-order chi connectivity index (χ1) is 5.66. The lowest BCUT2D eigenvalue weighted by Crippen LogP contribution is -2.07. The van der Waals surface area contributed by atoms with Crippen LogP contribution in [0, 0.1) is 5.92 Å². The third kappa shape index (κ3) is 7.76. The minimum absolute atomic E-state index is 0.257. The summed E-state index contributed by atoms with van der Waals surface area (Å²) in [6.07, 6.45) is 2.89. The second-order valence-corrected chi connectivity index (χ2v) is 3.44. The summed E-state index contributed by atoms with van der Waals surface area (Å²) in [4.78, 5) is 0. The fourth-order valence-corrected chi connectivity index (χ4v) is 0.799. The van der Waals surface area contributed by atoms with Gasteiger partial charge in [-0.3, -0.25) is 0 Å². The van der Waals surface area contributed by atoms with E-state index in [9.17, 15) is 0 Å². The fraction of sp³-hybridized carbons (Fsp3) is 0.800. The van der Waals surface area contributed by atoms with E-state index in [0.29, 0.717) is 12.5 Å². The molecule has 0 fully saturated rings. The lowest BCUT2D eigenvalue weighted by molar-refractivity contribution is 0.115.